The molecule has 0 aromatic heterocycles. The summed E-state index contributed by atoms with van der Waals surface area (Å²) in [6.07, 6.45) is 79.7. The number of unbranched alkanes of at least 4 members (excludes halogenated alkanes) is 32. The van der Waals surface area contributed by atoms with Crippen molar-refractivity contribution in [2.75, 3.05) is 40.9 Å². The Balaban J connectivity index is 4.23. The number of aliphatic hydroxyl groups excluding tert-OH is 1. The maximum Gasteiger partial charge on any atom is 0.268 e. The van der Waals surface area contributed by atoms with E-state index < -0.39 is 26.6 Å². The van der Waals surface area contributed by atoms with Crippen LogP contribution in [-0.4, -0.2) is 68.5 Å². The Morgan fingerprint density at radius 3 is 1.24 bits per heavy atom. The Morgan fingerprint density at radius 1 is 0.480 bits per heavy atom. The molecule has 0 aromatic carbocycles. The molecule has 3 atom stereocenters. The van der Waals surface area contributed by atoms with E-state index in [2.05, 4.69) is 92.1 Å². The van der Waals surface area contributed by atoms with E-state index in [1.165, 1.54) is 186 Å². The van der Waals surface area contributed by atoms with Crippen LogP contribution in [0.1, 0.15) is 277 Å². The average molecular weight is 1070 g/mol. The number of aliphatic hydroxyl groups is 1. The minimum absolute atomic E-state index is 0.0125. The summed E-state index contributed by atoms with van der Waals surface area (Å²) in [7, 11) is 1.23. The molecule has 0 aliphatic carbocycles. The van der Waals surface area contributed by atoms with E-state index in [0.29, 0.717) is 17.4 Å². The van der Waals surface area contributed by atoms with Crippen LogP contribution in [0.5, 0.6) is 0 Å². The molecule has 9 heteroatoms. The first-order chi connectivity index (χ1) is 36.5. The quantitative estimate of drug-likeness (QED) is 0.0272. The molecule has 436 valence electrons. The SMILES string of the molecule is CC/C=C\C/C=C\C/C=C\C/C=C\CCCCCCCCCCCCCCC(=O)NC(COP(=O)([O-])OCC[N+](C)(C)C)C(O)/C=C/CC/C=C/CC/C=C/CCCCCCCCCCCCCCCCCCCC. The van der Waals surface area contributed by atoms with Crippen LogP contribution >= 0.6 is 7.82 Å². The highest BCUT2D eigenvalue weighted by atomic mass is 31.2. The predicted molar refractivity (Wildman–Crippen MR) is 325 cm³/mol. The van der Waals surface area contributed by atoms with E-state index in [9.17, 15) is 19.4 Å². The topological polar surface area (TPSA) is 108 Å². The Bertz CT molecular complexity index is 1500. The van der Waals surface area contributed by atoms with Crippen LogP contribution in [0.4, 0.5) is 0 Å². The molecule has 0 aliphatic rings. The van der Waals surface area contributed by atoms with Crippen LogP contribution in [0.3, 0.4) is 0 Å². The summed E-state index contributed by atoms with van der Waals surface area (Å²) in [4.78, 5) is 25.6. The number of amides is 1. The molecule has 75 heavy (non-hydrogen) atoms. The Kier molecular flexibility index (Phi) is 54.7. The molecule has 0 fully saturated rings. The fraction of sp³-hybridized carbons (Fsp3) is 0.773. The lowest BCUT2D eigenvalue weighted by atomic mass is 10.0. The molecule has 0 spiro atoms. The minimum atomic E-state index is -4.62. The lowest BCUT2D eigenvalue weighted by Gasteiger charge is -2.29. The van der Waals surface area contributed by atoms with E-state index in [-0.39, 0.29) is 12.5 Å². The Morgan fingerprint density at radius 2 is 0.827 bits per heavy atom. The molecule has 0 radical (unpaired) electrons. The normalized spacial score (nSPS) is 14.4. The van der Waals surface area contributed by atoms with E-state index in [0.717, 1.165) is 70.6 Å². The number of carbonyl (C=O) groups excluding carboxylic acids is 1. The van der Waals surface area contributed by atoms with E-state index in [1.54, 1.807) is 6.08 Å². The molecule has 0 bridgehead atoms. The van der Waals surface area contributed by atoms with Gasteiger partial charge in [0.25, 0.3) is 7.82 Å². The zero-order valence-corrected chi connectivity index (χ0v) is 50.6. The second-order valence-corrected chi connectivity index (χ2v) is 23.8. The van der Waals surface area contributed by atoms with E-state index in [4.69, 9.17) is 9.05 Å². The molecule has 0 aromatic rings. The van der Waals surface area contributed by atoms with Gasteiger partial charge in [0.2, 0.25) is 5.91 Å². The third-order valence-corrected chi connectivity index (χ3v) is 14.8. The van der Waals surface area contributed by atoms with Crippen molar-refractivity contribution in [3.63, 3.8) is 0 Å². The average Bonchev–Trinajstić information content (AvgIpc) is 3.37. The maximum atomic E-state index is 13.0. The summed E-state index contributed by atoms with van der Waals surface area (Å²) < 4.78 is 23.4. The summed E-state index contributed by atoms with van der Waals surface area (Å²) in [5.41, 5.74) is 0. The monoisotopic (exact) mass is 1070 g/mol. The summed E-state index contributed by atoms with van der Waals surface area (Å²) in [6, 6.07) is -0.917. The number of phosphoric ester groups is 1. The van der Waals surface area contributed by atoms with Crippen LogP contribution in [-0.2, 0) is 18.4 Å². The smallest absolute Gasteiger partial charge is 0.268 e. The summed E-state index contributed by atoms with van der Waals surface area (Å²) in [6.45, 7) is 4.53. The number of hydrogen-bond acceptors (Lipinski definition) is 6. The van der Waals surface area contributed by atoms with Gasteiger partial charge in [-0.3, -0.25) is 9.36 Å². The van der Waals surface area contributed by atoms with Crippen molar-refractivity contribution in [1.82, 2.24) is 5.32 Å². The molecule has 3 unspecified atom stereocenters. The standard InChI is InChI=1S/C66H121N2O6P/c1-6-8-10-12-14-16-18-20-22-24-26-28-30-32-33-34-36-37-39-41-43-45-47-49-51-53-55-57-59-65(69)64(63-74-75(71,72)73-62-61-68(3,4)5)67-66(70)60-58-56-54-52-50-48-46-44-42-40-38-35-31-29-27-25-23-21-19-17-15-13-11-9-7-2/h9,11,15,17,21,23,27,29,41,43,49,51,57,59,64-65,69H,6-8,10,12-14,16,18-20,22,24-26,28,30-40,42,44-48,50,52-56,58,60-63H2,1-5H3,(H-,67,70,71,72)/b11-9-,17-15-,23-21-,29-27-,43-41+,51-49+,59-57+. The zero-order valence-electron chi connectivity index (χ0n) is 49.7. The van der Waals surface area contributed by atoms with Crippen LogP contribution < -0.4 is 10.2 Å². The van der Waals surface area contributed by atoms with Crippen LogP contribution in [0.2, 0.25) is 0 Å². The first-order valence-corrected chi connectivity index (χ1v) is 32.9. The van der Waals surface area contributed by atoms with Gasteiger partial charge in [-0.15, -0.1) is 0 Å². The summed E-state index contributed by atoms with van der Waals surface area (Å²) >= 11 is 0. The van der Waals surface area contributed by atoms with Crippen molar-refractivity contribution in [3.05, 3.63) is 85.1 Å². The van der Waals surface area contributed by atoms with Gasteiger partial charge in [-0.2, -0.15) is 0 Å². The van der Waals surface area contributed by atoms with Gasteiger partial charge in [-0.25, -0.2) is 0 Å². The molecule has 2 N–H and O–H groups in total. The van der Waals surface area contributed by atoms with Crippen LogP contribution in [0.25, 0.3) is 0 Å². The molecule has 8 nitrogen and oxygen atoms in total. The number of phosphoric acid groups is 1. The van der Waals surface area contributed by atoms with Crippen molar-refractivity contribution < 1.29 is 32.9 Å². The van der Waals surface area contributed by atoms with E-state index in [1.807, 2.05) is 27.2 Å². The van der Waals surface area contributed by atoms with Crippen molar-refractivity contribution in [3.8, 4) is 0 Å². The molecule has 0 saturated carbocycles. The lowest BCUT2D eigenvalue weighted by molar-refractivity contribution is -0.870. The molecular weight excluding hydrogens is 948 g/mol. The number of quaternary nitrogens is 1. The van der Waals surface area contributed by atoms with Crippen molar-refractivity contribution in [1.29, 1.82) is 0 Å². The van der Waals surface area contributed by atoms with Crippen molar-refractivity contribution in [2.45, 2.75) is 289 Å². The van der Waals surface area contributed by atoms with Gasteiger partial charge in [-0.1, -0.05) is 272 Å². The second-order valence-electron chi connectivity index (χ2n) is 22.4. The largest absolute Gasteiger partial charge is 0.756 e. The van der Waals surface area contributed by atoms with Gasteiger partial charge in [0.1, 0.15) is 13.2 Å². The number of allylic oxidation sites excluding steroid dienone is 13. The van der Waals surface area contributed by atoms with Crippen LogP contribution in [0.15, 0.2) is 85.1 Å². The maximum absolute atomic E-state index is 13.0. The number of carbonyl (C=O) groups is 1. The molecule has 0 saturated heterocycles. The third kappa shape index (κ3) is 59.2. The van der Waals surface area contributed by atoms with Crippen molar-refractivity contribution in [2.24, 2.45) is 0 Å². The Labute approximate surface area is 465 Å². The van der Waals surface area contributed by atoms with Gasteiger partial charge < -0.3 is 28.8 Å². The molecule has 0 aliphatic heterocycles. The first-order valence-electron chi connectivity index (χ1n) is 31.4. The first kappa shape index (κ1) is 72.7. The third-order valence-electron chi connectivity index (χ3n) is 13.8. The highest BCUT2D eigenvalue weighted by Crippen LogP contribution is 2.38. The summed E-state index contributed by atoms with van der Waals surface area (Å²) in [5.74, 6) is -0.214. The number of hydrogen-bond donors (Lipinski definition) is 2. The fourth-order valence-corrected chi connectivity index (χ4v) is 9.67. The number of nitrogens with one attached hydrogen (secondary N) is 1. The molecule has 0 heterocycles. The lowest BCUT2D eigenvalue weighted by Crippen LogP contribution is -2.45. The molecule has 1 amide bonds. The molecule has 0 rings (SSSR count). The second kappa shape index (κ2) is 56.4. The number of rotatable bonds is 57. The minimum Gasteiger partial charge on any atom is -0.756 e. The van der Waals surface area contributed by atoms with Crippen molar-refractivity contribution >= 4 is 13.7 Å². The van der Waals surface area contributed by atoms with Crippen LogP contribution in [0, 0.1) is 0 Å². The molecular formula is C66H121N2O6P. The van der Waals surface area contributed by atoms with Gasteiger partial charge in [-0.05, 0) is 83.5 Å². The predicted octanol–water partition coefficient (Wildman–Crippen LogP) is 19.0. The fourth-order valence-electron chi connectivity index (χ4n) is 8.94. The number of nitrogens with zero attached hydrogens (tertiary/aromatic N) is 1. The zero-order chi connectivity index (χ0) is 54.9. The number of likely N-dealkylation sites (N-methyl/N-ethyl adjacent to an activating group) is 1. The Hall–Kier alpha value is -2.32. The highest BCUT2D eigenvalue weighted by molar-refractivity contribution is 7.45. The van der Waals surface area contributed by atoms with Gasteiger partial charge in [0, 0.05) is 6.42 Å². The summed E-state index contributed by atoms with van der Waals surface area (Å²) in [5, 5.41) is 13.9. The van der Waals surface area contributed by atoms with E-state index >= 15 is 0 Å². The van der Waals surface area contributed by atoms with Gasteiger partial charge in [0.05, 0.1) is 39.9 Å². The van der Waals surface area contributed by atoms with Gasteiger partial charge >= 0.3 is 0 Å². The van der Waals surface area contributed by atoms with Gasteiger partial charge in [0.15, 0.2) is 0 Å². The highest BCUT2D eigenvalue weighted by Gasteiger charge is 2.23.